The number of allylic oxidation sites excluding steroid dienone is 1. The van der Waals surface area contributed by atoms with Gasteiger partial charge in [-0.1, -0.05) is 61.5 Å². The number of phenols is 1. The number of nitrogens with one attached hydrogen (secondary N) is 1. The summed E-state index contributed by atoms with van der Waals surface area (Å²) < 4.78 is 6.27. The van der Waals surface area contributed by atoms with Gasteiger partial charge in [0.25, 0.3) is 11.8 Å². The summed E-state index contributed by atoms with van der Waals surface area (Å²) in [4.78, 5) is 59.3. The molecule has 3 unspecified atom stereocenters. The SMILES string of the molecule is CCC(=C(c1ccc(O)cc1)c1ccc(OCCN2CCC(CN3C(C)CN(c4ccc5c(c4)C(=O)N(C4CCC(=O)NC4=O)C5=O)CC3C)CC2)cc1)c1ccccc1. The van der Waals surface area contributed by atoms with Crippen LogP contribution in [0.5, 0.6) is 11.5 Å². The Morgan fingerprint density at radius 2 is 1.42 bits per heavy atom. The molecule has 4 aliphatic heterocycles. The topological polar surface area (TPSA) is 123 Å². The third kappa shape index (κ3) is 8.60. The van der Waals surface area contributed by atoms with Crippen LogP contribution in [0.15, 0.2) is 97.1 Å². The van der Waals surface area contributed by atoms with E-state index in [2.05, 4.69) is 89.3 Å². The van der Waals surface area contributed by atoms with E-state index in [-0.39, 0.29) is 24.5 Å². The van der Waals surface area contributed by atoms with Gasteiger partial charge in [-0.3, -0.25) is 39.2 Å². The molecule has 4 aromatic carbocycles. The highest BCUT2D eigenvalue weighted by Gasteiger charge is 2.45. The molecule has 0 bridgehead atoms. The number of hydrogen-bond acceptors (Lipinski definition) is 9. The van der Waals surface area contributed by atoms with E-state index in [0.717, 1.165) is 91.6 Å². The highest BCUT2D eigenvalue weighted by Crippen LogP contribution is 2.36. The number of piperazine rings is 1. The first-order chi connectivity index (χ1) is 29.1. The molecule has 8 rings (SSSR count). The number of nitrogens with zero attached hydrogens (tertiary/aromatic N) is 4. The molecule has 3 fully saturated rings. The average Bonchev–Trinajstić information content (AvgIpc) is 3.50. The Morgan fingerprint density at radius 1 is 0.767 bits per heavy atom. The van der Waals surface area contributed by atoms with E-state index >= 15 is 0 Å². The number of fused-ring (bicyclic) bond motifs is 1. The number of amides is 4. The molecule has 0 saturated carbocycles. The van der Waals surface area contributed by atoms with E-state index < -0.39 is 23.8 Å². The van der Waals surface area contributed by atoms with Crippen LogP contribution in [0.25, 0.3) is 11.1 Å². The maximum atomic E-state index is 13.5. The largest absolute Gasteiger partial charge is 0.508 e. The molecule has 11 nitrogen and oxygen atoms in total. The second-order valence-corrected chi connectivity index (χ2v) is 16.8. The van der Waals surface area contributed by atoms with Gasteiger partial charge in [-0.15, -0.1) is 0 Å². The van der Waals surface area contributed by atoms with Gasteiger partial charge >= 0.3 is 0 Å². The molecule has 4 heterocycles. The number of phenolic OH excluding ortho intramolecular Hbond substituents is 1. The lowest BCUT2D eigenvalue weighted by atomic mass is 9.88. The summed E-state index contributed by atoms with van der Waals surface area (Å²) >= 11 is 0. The van der Waals surface area contributed by atoms with E-state index in [4.69, 9.17) is 4.74 Å². The van der Waals surface area contributed by atoms with Crippen LogP contribution in [0, 0.1) is 5.92 Å². The number of anilines is 1. The highest BCUT2D eigenvalue weighted by atomic mass is 16.5. The number of carbonyl (C=O) groups excluding carboxylic acids is 4. The molecule has 4 aromatic rings. The molecule has 0 spiro atoms. The Kier molecular flexibility index (Phi) is 12.2. The van der Waals surface area contributed by atoms with Crippen molar-refractivity contribution in [2.45, 2.75) is 71.0 Å². The number of imide groups is 2. The molecule has 4 aliphatic rings. The van der Waals surface area contributed by atoms with Gasteiger partial charge in [0, 0.05) is 50.4 Å². The maximum absolute atomic E-state index is 13.5. The zero-order chi connectivity index (χ0) is 41.9. The zero-order valence-corrected chi connectivity index (χ0v) is 34.8. The lowest BCUT2D eigenvalue weighted by Gasteiger charge is -2.47. The van der Waals surface area contributed by atoms with Crippen LogP contribution in [0.4, 0.5) is 5.69 Å². The Morgan fingerprint density at radius 3 is 2.07 bits per heavy atom. The predicted molar refractivity (Wildman–Crippen MR) is 233 cm³/mol. The van der Waals surface area contributed by atoms with Crippen LogP contribution >= 0.6 is 0 Å². The maximum Gasteiger partial charge on any atom is 0.262 e. The first kappa shape index (κ1) is 41.0. The van der Waals surface area contributed by atoms with E-state index in [1.165, 1.54) is 11.1 Å². The van der Waals surface area contributed by atoms with Gasteiger partial charge in [0.1, 0.15) is 24.1 Å². The molecular weight excluding hydrogens is 755 g/mol. The summed E-state index contributed by atoms with van der Waals surface area (Å²) in [5.74, 6) is -0.215. The Hall–Kier alpha value is -5.78. The van der Waals surface area contributed by atoms with Crippen molar-refractivity contribution in [3.05, 3.63) is 125 Å². The normalized spacial score (nSPS) is 22.1. The third-order valence-electron chi connectivity index (χ3n) is 12.8. The fourth-order valence-electron chi connectivity index (χ4n) is 9.59. The lowest BCUT2D eigenvalue weighted by Crippen LogP contribution is -2.58. The van der Waals surface area contributed by atoms with E-state index in [1.54, 1.807) is 24.3 Å². The predicted octanol–water partition coefficient (Wildman–Crippen LogP) is 6.85. The van der Waals surface area contributed by atoms with Crippen LogP contribution in [0.1, 0.15) is 90.3 Å². The van der Waals surface area contributed by atoms with Crippen LogP contribution < -0.4 is 15.0 Å². The first-order valence-electron chi connectivity index (χ1n) is 21.5. The molecule has 0 aromatic heterocycles. The molecule has 3 atom stereocenters. The summed E-state index contributed by atoms with van der Waals surface area (Å²) in [6.07, 6.45) is 3.40. The Bertz CT molecular complexity index is 2240. The fourth-order valence-corrected chi connectivity index (χ4v) is 9.59. The number of likely N-dealkylation sites (tertiary alicyclic amines) is 1. The summed E-state index contributed by atoms with van der Waals surface area (Å²) in [6.45, 7) is 13.0. The first-order valence-corrected chi connectivity index (χ1v) is 21.5. The lowest BCUT2D eigenvalue weighted by molar-refractivity contribution is -0.136. The molecule has 312 valence electrons. The number of aromatic hydroxyl groups is 1. The molecular formula is C49H55N5O6. The van der Waals surface area contributed by atoms with Crippen molar-refractivity contribution < 1.29 is 29.0 Å². The van der Waals surface area contributed by atoms with Crippen molar-refractivity contribution in [1.82, 2.24) is 20.0 Å². The summed E-state index contributed by atoms with van der Waals surface area (Å²) in [5.41, 5.74) is 7.29. The van der Waals surface area contributed by atoms with Gasteiger partial charge in [0.05, 0.1) is 11.1 Å². The monoisotopic (exact) mass is 809 g/mol. The van der Waals surface area contributed by atoms with E-state index in [0.29, 0.717) is 35.7 Å². The molecule has 0 radical (unpaired) electrons. The molecule has 4 amide bonds. The molecule has 60 heavy (non-hydrogen) atoms. The zero-order valence-electron chi connectivity index (χ0n) is 34.8. The number of piperidine rings is 2. The van der Waals surface area contributed by atoms with Crippen molar-refractivity contribution in [1.29, 1.82) is 0 Å². The van der Waals surface area contributed by atoms with E-state index in [1.807, 2.05) is 24.3 Å². The summed E-state index contributed by atoms with van der Waals surface area (Å²) in [7, 11) is 0. The minimum atomic E-state index is -0.970. The second-order valence-electron chi connectivity index (χ2n) is 16.8. The number of rotatable bonds is 12. The summed E-state index contributed by atoms with van der Waals surface area (Å²) in [5, 5.41) is 12.2. The van der Waals surface area contributed by atoms with Crippen molar-refractivity contribution in [2.75, 3.05) is 50.8 Å². The number of ether oxygens (including phenoxy) is 1. The van der Waals surface area contributed by atoms with Crippen LogP contribution in [0.2, 0.25) is 0 Å². The quantitative estimate of drug-likeness (QED) is 0.117. The number of hydrogen-bond donors (Lipinski definition) is 2. The van der Waals surface area contributed by atoms with E-state index in [9.17, 15) is 24.3 Å². The fraction of sp³-hybridized carbons (Fsp3) is 0.388. The van der Waals surface area contributed by atoms with Crippen molar-refractivity contribution in [3.63, 3.8) is 0 Å². The Balaban J connectivity index is 0.815. The van der Waals surface area contributed by atoms with Crippen LogP contribution in [0.3, 0.4) is 0 Å². The minimum absolute atomic E-state index is 0.0972. The molecule has 3 saturated heterocycles. The average molecular weight is 810 g/mol. The molecule has 11 heteroatoms. The third-order valence-corrected chi connectivity index (χ3v) is 12.8. The minimum Gasteiger partial charge on any atom is -0.508 e. The number of benzene rings is 4. The second kappa shape index (κ2) is 17.8. The smallest absolute Gasteiger partial charge is 0.262 e. The van der Waals surface area contributed by atoms with Gasteiger partial charge in [-0.05, 0) is 129 Å². The van der Waals surface area contributed by atoms with Crippen LogP contribution in [-0.4, -0.2) is 107 Å². The van der Waals surface area contributed by atoms with Gasteiger partial charge in [-0.2, -0.15) is 0 Å². The van der Waals surface area contributed by atoms with Crippen molar-refractivity contribution in [3.8, 4) is 11.5 Å². The summed E-state index contributed by atoms with van der Waals surface area (Å²) in [6, 6.07) is 31.4. The standard InChI is InChI=1S/C49H55N5O6/c1-4-41(35-8-6-5-7-9-35)46(36-10-15-39(55)16-11-36)37-12-17-40(18-13-37)60-27-26-51-24-22-34(23-25-51)31-53-32(2)29-52(30-33(53)3)38-14-19-42-43(28-38)49(59)54(48(42)58)44-20-21-45(56)50-47(44)57/h5-19,28,32-34,44,55H,4,20-27,29-31H2,1-3H3,(H,50,56,57). The van der Waals surface area contributed by atoms with Crippen molar-refractivity contribution >= 4 is 40.5 Å². The van der Waals surface area contributed by atoms with Crippen LogP contribution in [-0.2, 0) is 9.59 Å². The van der Waals surface area contributed by atoms with Crippen molar-refractivity contribution in [2.24, 2.45) is 5.92 Å². The van der Waals surface area contributed by atoms with Gasteiger partial charge in [0.2, 0.25) is 11.8 Å². The highest BCUT2D eigenvalue weighted by molar-refractivity contribution is 6.23. The molecule has 2 N–H and O–H groups in total. The molecule has 0 aliphatic carbocycles. The number of carbonyl (C=O) groups is 4. The van der Waals surface area contributed by atoms with Gasteiger partial charge < -0.3 is 14.7 Å². The Labute approximate surface area is 352 Å². The van der Waals surface area contributed by atoms with Gasteiger partial charge in [-0.25, -0.2) is 0 Å². The van der Waals surface area contributed by atoms with Gasteiger partial charge in [0.15, 0.2) is 0 Å².